The Morgan fingerprint density at radius 2 is 1.77 bits per heavy atom. The van der Waals surface area contributed by atoms with E-state index in [9.17, 15) is 18.0 Å². The van der Waals surface area contributed by atoms with Gasteiger partial charge in [0.1, 0.15) is 17.5 Å². The molecule has 1 aliphatic heterocycles. The fraction of sp³-hybridized carbons (Fsp3) is 0.619. The third-order valence-corrected chi connectivity index (χ3v) is 6.74. The van der Waals surface area contributed by atoms with E-state index in [-0.39, 0.29) is 30.2 Å². The number of likely N-dealkylation sites (tertiary alicyclic amines) is 1. The van der Waals surface area contributed by atoms with Crippen molar-refractivity contribution in [1.29, 1.82) is 0 Å². The number of nitrogens with one attached hydrogen (secondary N) is 2. The molecule has 0 saturated carbocycles. The van der Waals surface area contributed by atoms with Gasteiger partial charge in [0.25, 0.3) is 5.91 Å². The van der Waals surface area contributed by atoms with Gasteiger partial charge in [-0.2, -0.15) is 0 Å². The zero-order chi connectivity index (χ0) is 23.2. The molecule has 0 spiro atoms. The van der Waals surface area contributed by atoms with Gasteiger partial charge in [0.15, 0.2) is 0 Å². The highest BCUT2D eigenvalue weighted by atomic mass is 32.2. The summed E-state index contributed by atoms with van der Waals surface area (Å²) in [5, 5.41) is 2.83. The highest BCUT2D eigenvalue weighted by Crippen LogP contribution is 2.23. The Morgan fingerprint density at radius 1 is 1.16 bits per heavy atom. The lowest BCUT2D eigenvalue weighted by atomic mass is 9.99. The van der Waals surface area contributed by atoms with E-state index in [4.69, 9.17) is 9.47 Å². The summed E-state index contributed by atoms with van der Waals surface area (Å²) < 4.78 is 36.9. The van der Waals surface area contributed by atoms with Crippen LogP contribution in [-0.2, 0) is 14.8 Å². The third kappa shape index (κ3) is 6.83. The monoisotopic (exact) mass is 455 g/mol. The fourth-order valence-corrected chi connectivity index (χ4v) is 4.35. The van der Waals surface area contributed by atoms with Crippen LogP contribution in [0, 0.1) is 5.92 Å². The number of piperidine rings is 1. The lowest BCUT2D eigenvalue weighted by Gasteiger charge is -2.36. The van der Waals surface area contributed by atoms with Gasteiger partial charge in [0.05, 0.1) is 20.0 Å². The number of nitrogens with zero attached hydrogens (tertiary/aromatic N) is 1. The van der Waals surface area contributed by atoms with Gasteiger partial charge in [-0.15, -0.1) is 0 Å². The molecule has 10 heteroatoms. The molecule has 1 aromatic rings. The first kappa shape index (κ1) is 24.9. The highest BCUT2D eigenvalue weighted by Gasteiger charge is 2.33. The first-order valence-corrected chi connectivity index (χ1v) is 12.1. The molecule has 1 aliphatic rings. The van der Waals surface area contributed by atoms with Crippen molar-refractivity contribution >= 4 is 21.8 Å². The molecule has 0 aliphatic carbocycles. The smallest absolute Gasteiger partial charge is 0.252 e. The van der Waals surface area contributed by atoms with E-state index in [1.165, 1.54) is 14.2 Å². The zero-order valence-electron chi connectivity index (χ0n) is 18.8. The number of amides is 2. The van der Waals surface area contributed by atoms with Crippen molar-refractivity contribution in [2.75, 3.05) is 33.1 Å². The molecule has 1 fully saturated rings. The van der Waals surface area contributed by atoms with Crippen LogP contribution in [0.15, 0.2) is 18.2 Å². The summed E-state index contributed by atoms with van der Waals surface area (Å²) in [6.07, 6.45) is 1.36. The second-order valence-corrected chi connectivity index (χ2v) is 9.98. The van der Waals surface area contributed by atoms with E-state index in [0.717, 1.165) is 0 Å². The standard InChI is InChI=1S/C21H33N3O6S/c1-6-31(27,28)23-16-8-7-9-24(13-16)21(26)19(14(2)3)22-20(25)15-10-17(29-4)12-18(11-15)30-5/h10-12,14,16,19,23H,6-9,13H2,1-5H3,(H,22,25)/t16-,19-/m1/s1. The molecule has 1 heterocycles. The van der Waals surface area contributed by atoms with Crippen LogP contribution in [0.5, 0.6) is 11.5 Å². The van der Waals surface area contributed by atoms with Gasteiger partial charge in [-0.1, -0.05) is 13.8 Å². The summed E-state index contributed by atoms with van der Waals surface area (Å²) in [4.78, 5) is 27.7. The minimum absolute atomic E-state index is 0.00781. The number of benzene rings is 1. The van der Waals surface area contributed by atoms with Crippen LogP contribution in [0.25, 0.3) is 0 Å². The molecule has 0 radical (unpaired) electrons. The average Bonchev–Trinajstić information content (AvgIpc) is 2.76. The van der Waals surface area contributed by atoms with Crippen molar-refractivity contribution in [2.45, 2.75) is 45.7 Å². The second-order valence-electron chi connectivity index (χ2n) is 7.94. The van der Waals surface area contributed by atoms with Gasteiger partial charge < -0.3 is 19.7 Å². The molecular formula is C21H33N3O6S. The minimum atomic E-state index is -3.35. The van der Waals surface area contributed by atoms with Gasteiger partial charge in [0, 0.05) is 30.8 Å². The summed E-state index contributed by atoms with van der Waals surface area (Å²) in [6, 6.07) is 3.75. The number of ether oxygens (including phenoxy) is 2. The third-order valence-electron chi connectivity index (χ3n) is 5.29. The predicted molar refractivity (Wildman–Crippen MR) is 118 cm³/mol. The number of carbonyl (C=O) groups is 2. The van der Waals surface area contributed by atoms with Crippen LogP contribution in [-0.4, -0.2) is 70.3 Å². The van der Waals surface area contributed by atoms with Gasteiger partial charge >= 0.3 is 0 Å². The Morgan fingerprint density at radius 3 is 2.29 bits per heavy atom. The Bertz CT molecular complexity index is 865. The van der Waals surface area contributed by atoms with Gasteiger partial charge in [-0.05, 0) is 37.8 Å². The summed E-state index contributed by atoms with van der Waals surface area (Å²) in [7, 11) is -0.362. The molecule has 31 heavy (non-hydrogen) atoms. The number of hydrogen-bond donors (Lipinski definition) is 2. The maximum atomic E-state index is 13.2. The van der Waals surface area contributed by atoms with Crippen LogP contribution >= 0.6 is 0 Å². The molecular weight excluding hydrogens is 422 g/mol. The average molecular weight is 456 g/mol. The van der Waals surface area contributed by atoms with Crippen LogP contribution in [0.1, 0.15) is 44.0 Å². The topological polar surface area (TPSA) is 114 Å². The maximum Gasteiger partial charge on any atom is 0.252 e. The molecule has 1 saturated heterocycles. The SMILES string of the molecule is CCS(=O)(=O)N[C@@H]1CCCN(C(=O)[C@H](NC(=O)c2cc(OC)cc(OC)c2)C(C)C)C1. The van der Waals surface area contributed by atoms with Gasteiger partial charge in [-0.3, -0.25) is 9.59 Å². The predicted octanol–water partition coefficient (Wildman–Crippen LogP) is 1.39. The zero-order valence-corrected chi connectivity index (χ0v) is 19.6. The molecule has 174 valence electrons. The van der Waals surface area contributed by atoms with E-state index >= 15 is 0 Å². The fourth-order valence-electron chi connectivity index (χ4n) is 3.48. The molecule has 0 bridgehead atoms. The Balaban J connectivity index is 2.14. The lowest BCUT2D eigenvalue weighted by molar-refractivity contribution is -0.135. The van der Waals surface area contributed by atoms with Crippen molar-refractivity contribution in [3.8, 4) is 11.5 Å². The summed E-state index contributed by atoms with van der Waals surface area (Å²) in [5.41, 5.74) is 0.321. The van der Waals surface area contributed by atoms with Gasteiger partial charge in [-0.25, -0.2) is 13.1 Å². The molecule has 2 amide bonds. The van der Waals surface area contributed by atoms with Crippen molar-refractivity contribution in [1.82, 2.24) is 14.9 Å². The number of methoxy groups -OCH3 is 2. The van der Waals surface area contributed by atoms with Gasteiger partial charge in [0.2, 0.25) is 15.9 Å². The van der Waals surface area contributed by atoms with Crippen molar-refractivity contribution in [3.05, 3.63) is 23.8 Å². The molecule has 2 atom stereocenters. The largest absolute Gasteiger partial charge is 0.497 e. The van der Waals surface area contributed by atoms with Crippen LogP contribution in [0.2, 0.25) is 0 Å². The number of hydrogen-bond acceptors (Lipinski definition) is 6. The Labute approximate surface area is 184 Å². The molecule has 2 N–H and O–H groups in total. The first-order valence-electron chi connectivity index (χ1n) is 10.4. The highest BCUT2D eigenvalue weighted by molar-refractivity contribution is 7.89. The van der Waals surface area contributed by atoms with E-state index in [0.29, 0.717) is 36.4 Å². The number of carbonyl (C=O) groups excluding carboxylic acids is 2. The van der Waals surface area contributed by atoms with Crippen LogP contribution < -0.4 is 19.5 Å². The van der Waals surface area contributed by atoms with Crippen molar-refractivity contribution in [3.63, 3.8) is 0 Å². The quantitative estimate of drug-likeness (QED) is 0.582. The first-order chi connectivity index (χ1) is 14.6. The molecule has 1 aromatic carbocycles. The van der Waals surface area contributed by atoms with E-state index < -0.39 is 22.0 Å². The number of rotatable bonds is 9. The molecule has 9 nitrogen and oxygen atoms in total. The normalized spacial score (nSPS) is 17.9. The number of sulfonamides is 1. The summed E-state index contributed by atoms with van der Waals surface area (Å²) in [6.45, 7) is 6.10. The maximum absolute atomic E-state index is 13.2. The van der Waals surface area contributed by atoms with E-state index in [2.05, 4.69) is 10.0 Å². The Hall–Kier alpha value is -2.33. The lowest BCUT2D eigenvalue weighted by Crippen LogP contribution is -2.56. The van der Waals surface area contributed by atoms with Crippen LogP contribution in [0.3, 0.4) is 0 Å². The second kappa shape index (κ2) is 10.8. The molecule has 0 aromatic heterocycles. The molecule has 2 rings (SSSR count). The summed E-state index contributed by atoms with van der Waals surface area (Å²) >= 11 is 0. The van der Waals surface area contributed by atoms with E-state index in [1.54, 1.807) is 30.0 Å². The van der Waals surface area contributed by atoms with Crippen molar-refractivity contribution < 1.29 is 27.5 Å². The van der Waals surface area contributed by atoms with E-state index in [1.807, 2.05) is 13.8 Å². The molecule has 0 unspecified atom stereocenters. The Kier molecular flexibility index (Phi) is 8.69. The van der Waals surface area contributed by atoms with Crippen LogP contribution in [0.4, 0.5) is 0 Å². The summed E-state index contributed by atoms with van der Waals surface area (Å²) in [5.74, 6) is 0.143. The van der Waals surface area contributed by atoms with Crippen molar-refractivity contribution in [2.24, 2.45) is 5.92 Å². The minimum Gasteiger partial charge on any atom is -0.497 e.